The Kier molecular flexibility index (Phi) is 4.83. The summed E-state index contributed by atoms with van der Waals surface area (Å²) in [6.07, 6.45) is 6.28. The van der Waals surface area contributed by atoms with E-state index in [1.807, 2.05) is 31.0 Å². The summed E-state index contributed by atoms with van der Waals surface area (Å²) in [5, 5.41) is 4.17. The van der Waals surface area contributed by atoms with Crippen LogP contribution in [0.1, 0.15) is 34.4 Å². The molecule has 0 radical (unpaired) electrons. The van der Waals surface area contributed by atoms with Gasteiger partial charge in [-0.2, -0.15) is 0 Å². The Morgan fingerprint density at radius 3 is 2.89 bits per heavy atom. The van der Waals surface area contributed by atoms with Crippen LogP contribution in [0, 0.1) is 13.8 Å². The number of nitrogens with one attached hydrogen (secondary N) is 1. The molecule has 1 aliphatic rings. The first-order valence-electron chi connectivity index (χ1n) is 9.37. The average Bonchev–Trinajstić information content (AvgIpc) is 3.04. The van der Waals surface area contributed by atoms with E-state index in [9.17, 15) is 4.79 Å². The predicted molar refractivity (Wildman–Crippen MR) is 112 cm³/mol. The predicted octanol–water partition coefficient (Wildman–Crippen LogP) is 4.26. The topological polar surface area (TPSA) is 58.1 Å². The van der Waals surface area contributed by atoms with Gasteiger partial charge >= 0.3 is 0 Å². The number of aryl methyl sites for hydroxylation is 3. The van der Waals surface area contributed by atoms with Gasteiger partial charge in [-0.25, -0.2) is 9.97 Å². The lowest BCUT2D eigenvalue weighted by atomic mass is 9.97. The second kappa shape index (κ2) is 7.27. The number of hydrogen-bond donors (Lipinski definition) is 1. The largest absolute Gasteiger partial charge is 0.350 e. The molecule has 3 aromatic rings. The molecule has 1 amide bonds. The van der Waals surface area contributed by atoms with Crippen molar-refractivity contribution in [3.05, 3.63) is 46.1 Å². The van der Waals surface area contributed by atoms with Crippen molar-refractivity contribution in [2.45, 2.75) is 39.5 Å². The van der Waals surface area contributed by atoms with Gasteiger partial charge in [-0.1, -0.05) is 12.1 Å². The first-order chi connectivity index (χ1) is 13.0. The molecule has 0 atom stereocenters. The third kappa shape index (κ3) is 3.41. The van der Waals surface area contributed by atoms with Crippen LogP contribution >= 0.6 is 11.3 Å². The maximum absolute atomic E-state index is 12.6. The Hall–Kier alpha value is -2.47. The molecule has 6 heteroatoms. The van der Waals surface area contributed by atoms with Gasteiger partial charge in [-0.15, -0.1) is 11.3 Å². The van der Waals surface area contributed by atoms with Crippen LogP contribution in [0.5, 0.6) is 0 Å². The van der Waals surface area contributed by atoms with Crippen molar-refractivity contribution in [2.75, 3.05) is 23.8 Å². The number of carbonyl (C=O) groups is 1. The van der Waals surface area contributed by atoms with Crippen molar-refractivity contribution >= 4 is 39.0 Å². The van der Waals surface area contributed by atoms with E-state index in [0.717, 1.165) is 40.1 Å². The van der Waals surface area contributed by atoms with Crippen molar-refractivity contribution in [1.29, 1.82) is 0 Å². The number of hydrogen-bond acceptors (Lipinski definition) is 5. The molecule has 0 saturated carbocycles. The first kappa shape index (κ1) is 17.9. The van der Waals surface area contributed by atoms with Crippen LogP contribution in [0.3, 0.4) is 0 Å². The van der Waals surface area contributed by atoms with Gasteiger partial charge in [0.1, 0.15) is 17.0 Å². The zero-order valence-corrected chi connectivity index (χ0v) is 16.8. The van der Waals surface area contributed by atoms with Crippen molar-refractivity contribution in [3.8, 4) is 0 Å². The number of fused-ring (bicyclic) bond motifs is 3. The number of anilines is 2. The molecular formula is C21H24N4OS. The fourth-order valence-electron chi connectivity index (χ4n) is 3.73. The van der Waals surface area contributed by atoms with Gasteiger partial charge < -0.3 is 10.2 Å². The van der Waals surface area contributed by atoms with Crippen LogP contribution in [0.4, 0.5) is 11.5 Å². The maximum atomic E-state index is 12.6. The lowest BCUT2D eigenvalue weighted by Gasteiger charge is -2.20. The number of benzene rings is 1. The molecule has 1 aromatic carbocycles. The van der Waals surface area contributed by atoms with E-state index in [1.165, 1.54) is 28.8 Å². The lowest BCUT2D eigenvalue weighted by Crippen LogP contribution is -2.31. The summed E-state index contributed by atoms with van der Waals surface area (Å²) in [7, 11) is 1.93. The maximum Gasteiger partial charge on any atom is 0.243 e. The minimum Gasteiger partial charge on any atom is -0.350 e. The van der Waals surface area contributed by atoms with E-state index in [4.69, 9.17) is 0 Å². The van der Waals surface area contributed by atoms with E-state index in [0.29, 0.717) is 0 Å². The zero-order valence-electron chi connectivity index (χ0n) is 16.0. The molecule has 0 saturated heterocycles. The Morgan fingerprint density at radius 2 is 2.04 bits per heavy atom. The quantitative estimate of drug-likeness (QED) is 0.735. The number of aromatic nitrogens is 2. The van der Waals surface area contributed by atoms with E-state index in [-0.39, 0.29) is 12.5 Å². The minimum absolute atomic E-state index is 0.0398. The Bertz CT molecular complexity index is 1010. The van der Waals surface area contributed by atoms with Crippen molar-refractivity contribution in [1.82, 2.24) is 9.97 Å². The summed E-state index contributed by atoms with van der Waals surface area (Å²) in [6.45, 7) is 4.33. The molecule has 2 heterocycles. The molecule has 0 unspecified atom stereocenters. The molecule has 0 bridgehead atoms. The van der Waals surface area contributed by atoms with Crippen LogP contribution in [-0.4, -0.2) is 29.5 Å². The minimum atomic E-state index is -0.0398. The third-order valence-electron chi connectivity index (χ3n) is 5.35. The molecule has 1 aliphatic carbocycles. The number of carbonyl (C=O) groups excluding carboxylic acids is 1. The highest BCUT2D eigenvalue weighted by Crippen LogP contribution is 2.38. The lowest BCUT2D eigenvalue weighted by molar-refractivity contribution is -0.114. The monoisotopic (exact) mass is 380 g/mol. The Balaban J connectivity index is 1.58. The van der Waals surface area contributed by atoms with Gasteiger partial charge in [-0.05, 0) is 62.3 Å². The second-order valence-electron chi connectivity index (χ2n) is 7.24. The molecule has 4 rings (SSSR count). The molecular weight excluding hydrogens is 356 g/mol. The normalized spacial score (nSPS) is 13.4. The average molecular weight is 381 g/mol. The van der Waals surface area contributed by atoms with Crippen LogP contribution in [0.15, 0.2) is 24.5 Å². The van der Waals surface area contributed by atoms with Crippen LogP contribution in [-0.2, 0) is 17.6 Å². The van der Waals surface area contributed by atoms with E-state index in [1.54, 1.807) is 17.7 Å². The number of likely N-dealkylation sites (N-methyl/N-ethyl adjacent to an activating group) is 1. The molecule has 140 valence electrons. The summed E-state index contributed by atoms with van der Waals surface area (Å²) >= 11 is 1.78. The number of thiophene rings is 1. The second-order valence-corrected chi connectivity index (χ2v) is 8.32. The number of nitrogens with zero attached hydrogens (tertiary/aromatic N) is 3. The number of rotatable bonds is 4. The Morgan fingerprint density at radius 1 is 1.22 bits per heavy atom. The van der Waals surface area contributed by atoms with Crippen LogP contribution in [0.2, 0.25) is 0 Å². The molecule has 1 N–H and O–H groups in total. The molecule has 5 nitrogen and oxygen atoms in total. The SMILES string of the molecule is Cc1cccc(NC(=O)CN(C)c2ncnc3sc4c(c23)CCCC4)c1C. The van der Waals surface area contributed by atoms with Gasteiger partial charge in [0.25, 0.3) is 0 Å². The van der Waals surface area contributed by atoms with Gasteiger partial charge in [0.05, 0.1) is 11.9 Å². The van der Waals surface area contributed by atoms with Crippen LogP contribution in [0.25, 0.3) is 10.2 Å². The van der Waals surface area contributed by atoms with Gasteiger partial charge in [-0.3, -0.25) is 4.79 Å². The summed E-state index contributed by atoms with van der Waals surface area (Å²) in [6, 6.07) is 5.96. The van der Waals surface area contributed by atoms with Crippen molar-refractivity contribution in [3.63, 3.8) is 0 Å². The molecule has 0 aliphatic heterocycles. The summed E-state index contributed by atoms with van der Waals surface area (Å²) in [5.41, 5.74) is 4.53. The fourth-order valence-corrected chi connectivity index (χ4v) is 4.95. The first-order valence-corrected chi connectivity index (χ1v) is 10.2. The fraction of sp³-hybridized carbons (Fsp3) is 0.381. The zero-order chi connectivity index (χ0) is 19.0. The van der Waals surface area contributed by atoms with Crippen molar-refractivity contribution in [2.24, 2.45) is 0 Å². The van der Waals surface area contributed by atoms with E-state index < -0.39 is 0 Å². The van der Waals surface area contributed by atoms with Gasteiger partial charge in [0.15, 0.2) is 0 Å². The van der Waals surface area contributed by atoms with E-state index >= 15 is 0 Å². The molecule has 27 heavy (non-hydrogen) atoms. The summed E-state index contributed by atoms with van der Waals surface area (Å²) in [5.74, 6) is 0.817. The number of amides is 1. The smallest absolute Gasteiger partial charge is 0.243 e. The summed E-state index contributed by atoms with van der Waals surface area (Å²) in [4.78, 5) is 26.0. The third-order valence-corrected chi connectivity index (χ3v) is 6.55. The van der Waals surface area contributed by atoms with E-state index in [2.05, 4.69) is 28.3 Å². The highest BCUT2D eigenvalue weighted by atomic mass is 32.1. The highest BCUT2D eigenvalue weighted by Gasteiger charge is 2.22. The van der Waals surface area contributed by atoms with Crippen molar-refractivity contribution < 1.29 is 4.79 Å². The standard InChI is InChI=1S/C21H24N4OS/c1-13-7-6-9-16(14(13)2)24-18(26)11-25(3)20-19-15-8-4-5-10-17(15)27-21(19)23-12-22-20/h6-7,9,12H,4-5,8,10-11H2,1-3H3,(H,24,26). The molecule has 0 spiro atoms. The van der Waals surface area contributed by atoms with Crippen LogP contribution < -0.4 is 10.2 Å². The molecule has 2 aromatic heterocycles. The van der Waals surface area contributed by atoms with Gasteiger partial charge in [0.2, 0.25) is 5.91 Å². The highest BCUT2D eigenvalue weighted by molar-refractivity contribution is 7.19. The summed E-state index contributed by atoms with van der Waals surface area (Å²) < 4.78 is 0. The van der Waals surface area contributed by atoms with Gasteiger partial charge in [0, 0.05) is 17.6 Å². The molecule has 0 fully saturated rings. The Labute approximate surface area is 163 Å².